The van der Waals surface area contributed by atoms with Crippen LogP contribution < -0.4 is 0 Å². The van der Waals surface area contributed by atoms with Crippen molar-refractivity contribution in [1.29, 1.82) is 0 Å². The number of halogens is 2. The molecule has 6 nitrogen and oxygen atoms in total. The third-order valence-corrected chi connectivity index (χ3v) is 7.60. The molecule has 168 valence electrons. The quantitative estimate of drug-likeness (QED) is 0.420. The second-order valence-electron chi connectivity index (χ2n) is 8.92. The van der Waals surface area contributed by atoms with Crippen molar-refractivity contribution in [2.75, 3.05) is 6.54 Å². The molecular weight excluding hydrogens is 455 g/mol. The Bertz CT molecular complexity index is 1330. The molecule has 0 bridgehead atoms. The Labute approximate surface area is 202 Å². The van der Waals surface area contributed by atoms with E-state index in [-0.39, 0.29) is 0 Å². The van der Waals surface area contributed by atoms with E-state index in [9.17, 15) is 0 Å². The number of hydrogen-bond acceptors (Lipinski definition) is 4. The molecule has 0 saturated heterocycles. The Morgan fingerprint density at radius 2 is 1.94 bits per heavy atom. The van der Waals surface area contributed by atoms with Crippen molar-refractivity contribution in [3.05, 3.63) is 81.6 Å². The van der Waals surface area contributed by atoms with Crippen molar-refractivity contribution < 1.29 is 0 Å². The molecule has 2 aromatic carbocycles. The van der Waals surface area contributed by atoms with Crippen LogP contribution >= 0.6 is 23.2 Å². The van der Waals surface area contributed by atoms with Crippen molar-refractivity contribution in [3.8, 4) is 17.1 Å². The largest absolute Gasteiger partial charge is 0.330 e. The zero-order valence-corrected chi connectivity index (χ0v) is 19.9. The molecule has 3 heterocycles. The Balaban J connectivity index is 1.26. The van der Waals surface area contributed by atoms with E-state index in [1.165, 1.54) is 35.3 Å². The first-order chi connectivity index (χ1) is 16.1. The van der Waals surface area contributed by atoms with E-state index in [1.807, 2.05) is 24.3 Å². The second kappa shape index (κ2) is 8.28. The van der Waals surface area contributed by atoms with Gasteiger partial charge in [-0.1, -0.05) is 29.3 Å². The molecule has 0 radical (unpaired) electrons. The van der Waals surface area contributed by atoms with Crippen molar-refractivity contribution in [2.45, 2.75) is 38.3 Å². The summed E-state index contributed by atoms with van der Waals surface area (Å²) < 4.78 is 3.91. The van der Waals surface area contributed by atoms with Gasteiger partial charge in [0.1, 0.15) is 18.5 Å². The fourth-order valence-corrected chi connectivity index (χ4v) is 5.70. The number of nitrogens with zero attached hydrogens (tertiary/aromatic N) is 6. The zero-order chi connectivity index (χ0) is 22.5. The number of aromatic nitrogens is 5. The lowest BCUT2D eigenvalue weighted by Crippen LogP contribution is -2.42. The molecule has 1 atom stereocenters. The first-order valence-electron chi connectivity index (χ1n) is 11.3. The molecule has 0 amide bonds. The van der Waals surface area contributed by atoms with Gasteiger partial charge in [0.15, 0.2) is 0 Å². The molecule has 0 N–H and O–H groups in total. The summed E-state index contributed by atoms with van der Waals surface area (Å²) in [7, 11) is 2.10. The van der Waals surface area contributed by atoms with Crippen molar-refractivity contribution in [3.63, 3.8) is 0 Å². The predicted molar refractivity (Wildman–Crippen MR) is 130 cm³/mol. The van der Waals surface area contributed by atoms with Crippen LogP contribution in [0.2, 0.25) is 10.0 Å². The summed E-state index contributed by atoms with van der Waals surface area (Å²) in [6.45, 7) is 1.94. The smallest absolute Gasteiger partial charge is 0.141 e. The maximum atomic E-state index is 6.69. The average molecular weight is 479 g/mol. The minimum absolute atomic E-state index is 0.535. The number of benzene rings is 2. The molecule has 6 rings (SSSR count). The van der Waals surface area contributed by atoms with Gasteiger partial charge in [0.25, 0.3) is 0 Å². The third kappa shape index (κ3) is 3.76. The SMILES string of the molecule is Cn1c(-c2ccc(-n3cncn3)cc2Cl)nc2c1CN(C1CCc3ccc(Cl)cc3C1)CC2. The number of rotatable bonds is 3. The minimum Gasteiger partial charge on any atom is -0.330 e. The number of aryl methyl sites for hydroxylation is 1. The van der Waals surface area contributed by atoms with E-state index in [0.29, 0.717) is 11.1 Å². The van der Waals surface area contributed by atoms with Crippen molar-refractivity contribution >= 4 is 23.2 Å². The highest BCUT2D eigenvalue weighted by Gasteiger charge is 2.30. The lowest BCUT2D eigenvalue weighted by molar-refractivity contribution is 0.159. The van der Waals surface area contributed by atoms with Gasteiger partial charge in [-0.15, -0.1) is 0 Å². The third-order valence-electron chi connectivity index (χ3n) is 7.05. The van der Waals surface area contributed by atoms with Gasteiger partial charge in [0, 0.05) is 43.2 Å². The topological polar surface area (TPSA) is 51.8 Å². The highest BCUT2D eigenvalue weighted by molar-refractivity contribution is 6.33. The van der Waals surface area contributed by atoms with Gasteiger partial charge in [-0.2, -0.15) is 5.10 Å². The first-order valence-corrected chi connectivity index (χ1v) is 12.0. The summed E-state index contributed by atoms with van der Waals surface area (Å²) in [5.74, 6) is 0.915. The van der Waals surface area contributed by atoms with Crippen molar-refractivity contribution in [1.82, 2.24) is 29.2 Å². The average Bonchev–Trinajstić information content (AvgIpc) is 3.47. The van der Waals surface area contributed by atoms with E-state index in [0.717, 1.165) is 54.4 Å². The van der Waals surface area contributed by atoms with Crippen LogP contribution in [0.25, 0.3) is 17.1 Å². The molecule has 2 aliphatic rings. The van der Waals surface area contributed by atoms with Gasteiger partial charge in [-0.25, -0.2) is 14.6 Å². The van der Waals surface area contributed by atoms with Crippen LogP contribution in [0.1, 0.15) is 28.9 Å². The molecular formula is C25H24Cl2N6. The van der Waals surface area contributed by atoms with Gasteiger partial charge < -0.3 is 4.57 Å². The Kier molecular flexibility index (Phi) is 5.24. The summed E-state index contributed by atoms with van der Waals surface area (Å²) in [5.41, 5.74) is 7.12. The molecule has 0 saturated carbocycles. The molecule has 0 fully saturated rings. The summed E-state index contributed by atoms with van der Waals surface area (Å²) in [6, 6.07) is 12.8. The fourth-order valence-electron chi connectivity index (χ4n) is 5.25. The van der Waals surface area contributed by atoms with E-state index in [2.05, 4.69) is 38.7 Å². The molecule has 0 spiro atoms. The Morgan fingerprint density at radius 1 is 1.03 bits per heavy atom. The van der Waals surface area contributed by atoms with E-state index in [4.69, 9.17) is 28.2 Å². The maximum Gasteiger partial charge on any atom is 0.141 e. The molecule has 4 aromatic rings. The monoisotopic (exact) mass is 478 g/mol. The van der Waals surface area contributed by atoms with Gasteiger partial charge in [-0.3, -0.25) is 4.90 Å². The van der Waals surface area contributed by atoms with Gasteiger partial charge in [-0.05, 0) is 60.7 Å². The summed E-state index contributed by atoms with van der Waals surface area (Å²) in [4.78, 5) is 11.6. The van der Waals surface area contributed by atoms with E-state index >= 15 is 0 Å². The highest BCUT2D eigenvalue weighted by atomic mass is 35.5. The first kappa shape index (κ1) is 20.9. The molecule has 1 unspecified atom stereocenters. The van der Waals surface area contributed by atoms with Crippen LogP contribution in [0.5, 0.6) is 0 Å². The van der Waals surface area contributed by atoms with E-state index in [1.54, 1.807) is 11.0 Å². The van der Waals surface area contributed by atoms with Crippen molar-refractivity contribution in [2.24, 2.45) is 7.05 Å². The van der Waals surface area contributed by atoms with Gasteiger partial charge >= 0.3 is 0 Å². The zero-order valence-electron chi connectivity index (χ0n) is 18.4. The maximum absolute atomic E-state index is 6.69. The minimum atomic E-state index is 0.535. The molecule has 1 aliphatic carbocycles. The summed E-state index contributed by atoms with van der Waals surface area (Å²) in [5, 5.41) is 5.68. The number of hydrogen-bond donors (Lipinski definition) is 0. The lowest BCUT2D eigenvalue weighted by atomic mass is 9.87. The lowest BCUT2D eigenvalue weighted by Gasteiger charge is -2.37. The summed E-state index contributed by atoms with van der Waals surface area (Å²) in [6.07, 6.45) is 7.49. The van der Waals surface area contributed by atoms with Crippen LogP contribution in [-0.2, 0) is 32.9 Å². The molecule has 1 aliphatic heterocycles. The van der Waals surface area contributed by atoms with Crippen LogP contribution in [-0.4, -0.2) is 41.8 Å². The fraction of sp³-hybridized carbons (Fsp3) is 0.320. The van der Waals surface area contributed by atoms with Crippen LogP contribution in [0.3, 0.4) is 0 Å². The predicted octanol–water partition coefficient (Wildman–Crippen LogP) is 4.89. The molecule has 2 aromatic heterocycles. The standard InChI is InChI=1S/C25H24Cl2N6/c1-31-24-13-32(19-5-3-16-2-4-18(26)10-17(16)11-19)9-8-23(24)30-25(31)21-7-6-20(12-22(21)27)33-15-28-14-29-33/h2,4,6-7,10,12,14-15,19H,3,5,8-9,11,13H2,1H3. The number of imidazole rings is 1. The Hall–Kier alpha value is -2.67. The Morgan fingerprint density at radius 3 is 2.76 bits per heavy atom. The van der Waals surface area contributed by atoms with E-state index < -0.39 is 0 Å². The van der Waals surface area contributed by atoms with Crippen LogP contribution in [0.4, 0.5) is 0 Å². The second-order valence-corrected chi connectivity index (χ2v) is 9.77. The molecule has 33 heavy (non-hydrogen) atoms. The van der Waals surface area contributed by atoms with Gasteiger partial charge in [0.2, 0.25) is 0 Å². The summed E-state index contributed by atoms with van der Waals surface area (Å²) >= 11 is 13.0. The number of fused-ring (bicyclic) bond motifs is 2. The highest BCUT2D eigenvalue weighted by Crippen LogP contribution is 2.34. The van der Waals surface area contributed by atoms with Crippen LogP contribution in [0, 0.1) is 0 Å². The van der Waals surface area contributed by atoms with Gasteiger partial charge in [0.05, 0.1) is 22.1 Å². The normalized spacial score (nSPS) is 18.2. The van der Waals surface area contributed by atoms with Crippen LogP contribution in [0.15, 0.2) is 49.1 Å². The molecule has 8 heteroatoms.